The van der Waals surface area contributed by atoms with Crippen LogP contribution in [-0.2, 0) is 18.3 Å². The van der Waals surface area contributed by atoms with Crippen molar-refractivity contribution in [1.82, 2.24) is 0 Å². The molecule has 0 atom stereocenters. The summed E-state index contributed by atoms with van der Waals surface area (Å²) in [5, 5.41) is 0. The van der Waals surface area contributed by atoms with E-state index in [0.717, 1.165) is 0 Å². The van der Waals surface area contributed by atoms with Crippen molar-refractivity contribution in [3.8, 4) is 0 Å². The van der Waals surface area contributed by atoms with Crippen molar-refractivity contribution in [1.29, 1.82) is 0 Å². The van der Waals surface area contributed by atoms with Gasteiger partial charge in [-0.15, -0.1) is 0 Å². The maximum atomic E-state index is 10.3. The third-order valence-electron chi connectivity index (χ3n) is 0.994. The fourth-order valence-electron chi connectivity index (χ4n) is 0.512. The van der Waals surface area contributed by atoms with E-state index in [0.29, 0.717) is 0 Å². The summed E-state index contributed by atoms with van der Waals surface area (Å²) >= 11 is 0. The van der Waals surface area contributed by atoms with Gasteiger partial charge in [0.1, 0.15) is 5.84 Å². The second-order valence-corrected chi connectivity index (χ2v) is 9.13. The maximum Gasteiger partial charge on any atom is 1.00 e. The van der Waals surface area contributed by atoms with Gasteiger partial charge in [0, 0.05) is 16.5 Å². The number of nitrogens with zero attached hydrogens (tertiary/aromatic N) is 1. The molecule has 0 aromatic heterocycles. The van der Waals surface area contributed by atoms with Gasteiger partial charge in [-0.2, -0.15) is 16.8 Å². The predicted molar refractivity (Wildman–Crippen MR) is 64.5 cm³/mol. The van der Waals surface area contributed by atoms with Crippen LogP contribution in [0.1, 0.15) is 0 Å². The van der Waals surface area contributed by atoms with Gasteiger partial charge >= 0.3 is 47.9 Å². The Morgan fingerprint density at radius 3 is 2.00 bits per heavy atom. The fraction of sp³-hybridized carbons (Fsp3) is 0.750. The van der Waals surface area contributed by atoms with Crippen molar-refractivity contribution >= 4 is 45.7 Å². The quantitative estimate of drug-likeness (QED) is 0.107. The van der Waals surface area contributed by atoms with Crippen LogP contribution in [0.4, 0.5) is 0 Å². The molecule has 0 aliphatic carbocycles. The van der Waals surface area contributed by atoms with Crippen LogP contribution in [-0.4, -0.2) is 49.8 Å². The second-order valence-electron chi connectivity index (χ2n) is 2.31. The zero-order chi connectivity index (χ0) is 12.8. The number of amidine groups is 1. The molecule has 0 saturated heterocycles. The van der Waals surface area contributed by atoms with E-state index >= 15 is 0 Å². The van der Waals surface area contributed by atoms with E-state index in [1.807, 2.05) is 0 Å². The van der Waals surface area contributed by atoms with E-state index in [-0.39, 0.29) is 75.0 Å². The van der Waals surface area contributed by atoms with Crippen molar-refractivity contribution in [3.63, 3.8) is 0 Å². The minimum atomic E-state index is -4.16. The summed E-state index contributed by atoms with van der Waals surface area (Å²) in [6.45, 7) is 0.0162. The Bertz CT molecular complexity index is 445. The monoisotopic (exact) mass is 333 g/mol. The third kappa shape index (κ3) is 17.0. The molecule has 0 fully saturated rings. The summed E-state index contributed by atoms with van der Waals surface area (Å²) < 4.78 is 57.8. The molecule has 17 heavy (non-hydrogen) atoms. The van der Waals surface area contributed by atoms with E-state index in [9.17, 15) is 16.8 Å². The molecule has 0 aromatic rings. The van der Waals surface area contributed by atoms with Crippen LogP contribution in [0.25, 0.3) is 0 Å². The molecule has 8 nitrogen and oxygen atoms in total. The van der Waals surface area contributed by atoms with Crippen molar-refractivity contribution in [3.05, 3.63) is 0 Å². The minimum absolute atomic E-state index is 0. The van der Waals surface area contributed by atoms with Crippen molar-refractivity contribution in [2.45, 2.75) is 0 Å². The molecule has 0 radical (unpaired) electrons. The molecule has 0 spiro atoms. The predicted octanol–water partition coefficient (Wildman–Crippen LogP) is -3.58. The van der Waals surface area contributed by atoms with Gasteiger partial charge in [0.05, 0.1) is 12.3 Å². The molecule has 0 aliphatic heterocycles. The van der Waals surface area contributed by atoms with Gasteiger partial charge < -0.3 is 5.73 Å². The second kappa shape index (κ2) is 8.98. The van der Waals surface area contributed by atoms with Crippen molar-refractivity contribution in [2.75, 3.05) is 18.1 Å². The Morgan fingerprint density at radius 1 is 1.12 bits per heavy atom. The van der Waals surface area contributed by atoms with Crippen LogP contribution in [0.2, 0.25) is 0 Å². The van der Waals surface area contributed by atoms with Crippen molar-refractivity contribution < 1.29 is 55.5 Å². The zero-order valence-corrected chi connectivity index (χ0v) is 14.1. The average Bonchev–Trinajstić information content (AvgIpc) is 2.06. The first-order valence-electron chi connectivity index (χ1n) is 3.62. The van der Waals surface area contributed by atoms with E-state index in [1.54, 1.807) is 0 Å². The third-order valence-corrected chi connectivity index (χ3v) is 4.99. The molecule has 13 heteroatoms. The van der Waals surface area contributed by atoms with E-state index in [2.05, 4.69) is 4.99 Å². The Kier molecular flexibility index (Phi) is 10.7. The molecule has 4 N–H and O–H groups in total. The molecule has 0 heterocycles. The largest absolute Gasteiger partial charge is 1.00 e. The summed E-state index contributed by atoms with van der Waals surface area (Å²) in [4.78, 5) is 3.63. The zero-order valence-electron chi connectivity index (χ0n) is 8.81. The SMILES string of the molecule is NC(CSS(=O)(=O)O)=NCCSS(=O)(=O)O.[Na+]. The van der Waals surface area contributed by atoms with Gasteiger partial charge in [-0.05, 0) is 10.8 Å². The van der Waals surface area contributed by atoms with Crippen molar-refractivity contribution in [2.24, 2.45) is 10.7 Å². The standard InChI is InChI=1S/C4H10N2O6S4.Na/c5-4(3-14-16(10,11)12)6-1-2-13-15(7,8)9;/h1-3H2,(H2,5,6)(H,7,8,9)(H,10,11,12);/q;+1. The molecule has 0 amide bonds. The molecule has 0 saturated carbocycles. The van der Waals surface area contributed by atoms with Crippen LogP contribution in [0.15, 0.2) is 4.99 Å². The first-order chi connectivity index (χ1) is 7.10. The van der Waals surface area contributed by atoms with Gasteiger partial charge in [-0.1, -0.05) is 0 Å². The minimum Gasteiger partial charge on any atom is -0.387 e. The topological polar surface area (TPSA) is 147 Å². The van der Waals surface area contributed by atoms with Crippen LogP contribution in [0.5, 0.6) is 0 Å². The summed E-state index contributed by atoms with van der Waals surface area (Å²) in [6, 6.07) is 0. The number of aliphatic imine (C=N–C) groups is 1. The molecule has 96 valence electrons. The molecule has 0 unspecified atom stereocenters. The molecule has 0 bridgehead atoms. The van der Waals surface area contributed by atoms with E-state index in [4.69, 9.17) is 14.8 Å². The van der Waals surface area contributed by atoms with E-state index < -0.39 is 18.3 Å². The molecule has 0 aliphatic rings. The van der Waals surface area contributed by atoms with Crippen LogP contribution < -0.4 is 35.3 Å². The van der Waals surface area contributed by atoms with Gasteiger partial charge in [0.15, 0.2) is 0 Å². The smallest absolute Gasteiger partial charge is 0.387 e. The normalized spacial score (nSPS) is 13.2. The molecule has 0 rings (SSSR count). The summed E-state index contributed by atoms with van der Waals surface area (Å²) in [7, 11) is -7.76. The molecular formula is C4H10N2NaO6S4+. The fourth-order valence-corrected chi connectivity index (χ4v) is 2.91. The summed E-state index contributed by atoms with van der Waals surface area (Å²) in [5.41, 5.74) is 5.26. The number of hydrogen-bond acceptors (Lipinski definition) is 7. The van der Waals surface area contributed by atoms with Gasteiger partial charge in [-0.25, -0.2) is 0 Å². The van der Waals surface area contributed by atoms with Crippen LogP contribution in [0, 0.1) is 0 Å². The van der Waals surface area contributed by atoms with Crippen LogP contribution >= 0.6 is 21.6 Å². The maximum absolute atomic E-state index is 10.3. The Balaban J connectivity index is 0. The molecular weight excluding hydrogens is 323 g/mol. The Labute approximate surface area is 129 Å². The number of hydrogen-bond donors (Lipinski definition) is 3. The first-order valence-corrected chi connectivity index (χ1v) is 9.51. The summed E-state index contributed by atoms with van der Waals surface area (Å²) in [6.07, 6.45) is 0. The van der Waals surface area contributed by atoms with Gasteiger partial charge in [0.25, 0.3) is 0 Å². The Hall–Kier alpha value is 0.990. The summed E-state index contributed by atoms with van der Waals surface area (Å²) in [5.74, 6) is -0.260. The van der Waals surface area contributed by atoms with E-state index in [1.165, 1.54) is 0 Å². The van der Waals surface area contributed by atoms with Crippen LogP contribution in [0.3, 0.4) is 0 Å². The van der Waals surface area contributed by atoms with Gasteiger partial charge in [-0.3, -0.25) is 14.1 Å². The Morgan fingerprint density at radius 2 is 1.59 bits per heavy atom. The number of nitrogens with two attached hydrogens (primary N) is 1. The van der Waals surface area contributed by atoms with Gasteiger partial charge in [0.2, 0.25) is 0 Å². The average molecular weight is 333 g/mol. The first kappa shape index (κ1) is 20.3. The number of rotatable bonds is 7. The molecule has 0 aromatic carbocycles.